The lowest BCUT2D eigenvalue weighted by Crippen LogP contribution is -2.06. The molecule has 0 heterocycles. The van der Waals surface area contributed by atoms with Crippen molar-refractivity contribution in [3.05, 3.63) is 58.7 Å². The molecular weight excluding hydrogens is 258 g/mol. The van der Waals surface area contributed by atoms with Gasteiger partial charge in [-0.05, 0) is 63.4 Å². The molecule has 1 N–H and O–H groups in total. The quantitative estimate of drug-likeness (QED) is 0.832. The largest absolute Gasteiger partial charge is 0.491 e. The van der Waals surface area contributed by atoms with Gasteiger partial charge in [0.05, 0.1) is 6.10 Å². The molecular formula is C19H25NO. The fraction of sp³-hybridized carbons (Fsp3) is 0.368. The van der Waals surface area contributed by atoms with Crippen molar-refractivity contribution >= 4 is 5.69 Å². The van der Waals surface area contributed by atoms with Gasteiger partial charge in [0.15, 0.2) is 0 Å². The van der Waals surface area contributed by atoms with Crippen LogP contribution in [0.25, 0.3) is 0 Å². The van der Waals surface area contributed by atoms with E-state index in [-0.39, 0.29) is 6.10 Å². The lowest BCUT2D eigenvalue weighted by Gasteiger charge is -2.14. The van der Waals surface area contributed by atoms with Crippen LogP contribution in [0, 0.1) is 20.8 Å². The average molecular weight is 283 g/mol. The molecule has 0 spiro atoms. The normalized spacial score (nSPS) is 10.8. The van der Waals surface area contributed by atoms with E-state index in [1.54, 1.807) is 0 Å². The standard InChI is InChI=1S/C19H25NO/c1-13(2)21-18-8-6-17(7-9-18)12-20-19-15(4)10-14(3)11-16(19)5/h6-11,13,20H,12H2,1-5H3. The molecule has 0 aliphatic heterocycles. The van der Waals surface area contributed by atoms with Crippen LogP contribution in [0.1, 0.15) is 36.1 Å². The fourth-order valence-electron chi connectivity index (χ4n) is 2.61. The summed E-state index contributed by atoms with van der Waals surface area (Å²) in [5.41, 5.74) is 6.40. The molecule has 0 bridgehead atoms. The van der Waals surface area contributed by atoms with Gasteiger partial charge in [0, 0.05) is 12.2 Å². The Kier molecular flexibility index (Phi) is 4.89. The van der Waals surface area contributed by atoms with Gasteiger partial charge in [-0.15, -0.1) is 0 Å². The summed E-state index contributed by atoms with van der Waals surface area (Å²) in [5.74, 6) is 0.927. The lowest BCUT2D eigenvalue weighted by atomic mass is 10.0. The third-order valence-electron chi connectivity index (χ3n) is 3.44. The molecule has 0 radical (unpaired) electrons. The third-order valence-corrected chi connectivity index (χ3v) is 3.44. The zero-order valence-corrected chi connectivity index (χ0v) is 13.7. The number of anilines is 1. The maximum absolute atomic E-state index is 5.66. The summed E-state index contributed by atoms with van der Waals surface area (Å²) >= 11 is 0. The van der Waals surface area contributed by atoms with E-state index < -0.39 is 0 Å². The molecule has 0 amide bonds. The summed E-state index contributed by atoms with van der Waals surface area (Å²) in [5, 5.41) is 3.54. The summed E-state index contributed by atoms with van der Waals surface area (Å²) in [4.78, 5) is 0. The highest BCUT2D eigenvalue weighted by atomic mass is 16.5. The van der Waals surface area contributed by atoms with Crippen molar-refractivity contribution in [2.45, 2.75) is 47.3 Å². The van der Waals surface area contributed by atoms with E-state index >= 15 is 0 Å². The van der Waals surface area contributed by atoms with Crippen LogP contribution in [-0.2, 0) is 6.54 Å². The van der Waals surface area contributed by atoms with E-state index in [1.807, 2.05) is 26.0 Å². The molecule has 112 valence electrons. The van der Waals surface area contributed by atoms with Crippen molar-refractivity contribution in [3.63, 3.8) is 0 Å². The molecule has 2 aromatic rings. The number of aryl methyl sites for hydroxylation is 3. The van der Waals surface area contributed by atoms with Crippen molar-refractivity contribution in [3.8, 4) is 5.75 Å². The minimum atomic E-state index is 0.215. The predicted octanol–water partition coefficient (Wildman–Crippen LogP) is 5.01. The SMILES string of the molecule is Cc1cc(C)c(NCc2ccc(OC(C)C)cc2)c(C)c1. The Morgan fingerprint density at radius 1 is 0.952 bits per heavy atom. The number of nitrogens with one attached hydrogen (secondary N) is 1. The molecule has 0 aliphatic rings. The molecule has 0 saturated heterocycles. The van der Waals surface area contributed by atoms with Crippen LogP contribution in [0.5, 0.6) is 5.75 Å². The van der Waals surface area contributed by atoms with E-state index in [2.05, 4.69) is 50.4 Å². The second kappa shape index (κ2) is 6.66. The molecule has 0 saturated carbocycles. The maximum Gasteiger partial charge on any atom is 0.119 e. The Balaban J connectivity index is 2.03. The minimum Gasteiger partial charge on any atom is -0.491 e. The summed E-state index contributed by atoms with van der Waals surface area (Å²) in [6.07, 6.45) is 0.215. The maximum atomic E-state index is 5.66. The molecule has 0 fully saturated rings. The topological polar surface area (TPSA) is 21.3 Å². The zero-order valence-electron chi connectivity index (χ0n) is 13.7. The van der Waals surface area contributed by atoms with Gasteiger partial charge in [-0.2, -0.15) is 0 Å². The third kappa shape index (κ3) is 4.25. The van der Waals surface area contributed by atoms with Crippen LogP contribution < -0.4 is 10.1 Å². The molecule has 2 aromatic carbocycles. The second-order valence-corrected chi connectivity index (χ2v) is 5.94. The van der Waals surface area contributed by atoms with Gasteiger partial charge < -0.3 is 10.1 Å². The Labute approximate surface area is 128 Å². The monoisotopic (exact) mass is 283 g/mol. The Bertz CT molecular complexity index is 576. The summed E-state index contributed by atoms with van der Waals surface area (Å²) in [7, 11) is 0. The molecule has 0 atom stereocenters. The van der Waals surface area contributed by atoms with Crippen molar-refractivity contribution in [2.24, 2.45) is 0 Å². The van der Waals surface area contributed by atoms with E-state index in [4.69, 9.17) is 4.74 Å². The number of benzene rings is 2. The van der Waals surface area contributed by atoms with E-state index in [1.165, 1.54) is 27.9 Å². The van der Waals surface area contributed by atoms with E-state index in [0.717, 1.165) is 12.3 Å². The highest BCUT2D eigenvalue weighted by molar-refractivity contribution is 5.58. The van der Waals surface area contributed by atoms with Gasteiger partial charge in [-0.1, -0.05) is 29.8 Å². The lowest BCUT2D eigenvalue weighted by molar-refractivity contribution is 0.242. The first-order chi connectivity index (χ1) is 9.95. The van der Waals surface area contributed by atoms with E-state index in [9.17, 15) is 0 Å². The minimum absolute atomic E-state index is 0.215. The molecule has 0 unspecified atom stereocenters. The fourth-order valence-corrected chi connectivity index (χ4v) is 2.61. The van der Waals surface area contributed by atoms with Crippen molar-refractivity contribution in [2.75, 3.05) is 5.32 Å². The first-order valence-corrected chi connectivity index (χ1v) is 7.53. The van der Waals surface area contributed by atoms with Gasteiger partial charge in [0.1, 0.15) is 5.75 Å². The Morgan fingerprint density at radius 2 is 1.52 bits per heavy atom. The molecule has 0 aliphatic carbocycles. The van der Waals surface area contributed by atoms with Gasteiger partial charge in [-0.25, -0.2) is 0 Å². The summed E-state index contributed by atoms with van der Waals surface area (Å²) in [6, 6.07) is 12.7. The van der Waals surface area contributed by atoms with Crippen LogP contribution in [-0.4, -0.2) is 6.10 Å². The van der Waals surface area contributed by atoms with Crippen LogP contribution in [0.15, 0.2) is 36.4 Å². The van der Waals surface area contributed by atoms with Crippen molar-refractivity contribution < 1.29 is 4.74 Å². The molecule has 0 aromatic heterocycles. The Morgan fingerprint density at radius 3 is 2.05 bits per heavy atom. The summed E-state index contributed by atoms with van der Waals surface area (Å²) in [6.45, 7) is 11.4. The highest BCUT2D eigenvalue weighted by Gasteiger charge is 2.04. The smallest absolute Gasteiger partial charge is 0.119 e. The van der Waals surface area contributed by atoms with Gasteiger partial charge in [-0.3, -0.25) is 0 Å². The second-order valence-electron chi connectivity index (χ2n) is 5.94. The molecule has 21 heavy (non-hydrogen) atoms. The van der Waals surface area contributed by atoms with Crippen LogP contribution in [0.3, 0.4) is 0 Å². The number of hydrogen-bond acceptors (Lipinski definition) is 2. The van der Waals surface area contributed by atoms with Crippen molar-refractivity contribution in [1.29, 1.82) is 0 Å². The average Bonchev–Trinajstić information content (AvgIpc) is 2.38. The van der Waals surface area contributed by atoms with Gasteiger partial charge in [0.2, 0.25) is 0 Å². The first-order valence-electron chi connectivity index (χ1n) is 7.53. The van der Waals surface area contributed by atoms with Crippen molar-refractivity contribution in [1.82, 2.24) is 0 Å². The Hall–Kier alpha value is -1.96. The number of hydrogen-bond donors (Lipinski definition) is 1. The molecule has 2 rings (SSSR count). The first kappa shape index (κ1) is 15.4. The number of rotatable bonds is 5. The predicted molar refractivity (Wildman–Crippen MR) is 90.2 cm³/mol. The van der Waals surface area contributed by atoms with Gasteiger partial charge >= 0.3 is 0 Å². The van der Waals surface area contributed by atoms with Crippen LogP contribution in [0.2, 0.25) is 0 Å². The summed E-state index contributed by atoms with van der Waals surface area (Å²) < 4.78 is 5.66. The highest BCUT2D eigenvalue weighted by Crippen LogP contribution is 2.23. The van der Waals surface area contributed by atoms with Gasteiger partial charge in [0.25, 0.3) is 0 Å². The molecule has 2 heteroatoms. The van der Waals surface area contributed by atoms with Crippen LogP contribution in [0.4, 0.5) is 5.69 Å². The van der Waals surface area contributed by atoms with E-state index in [0.29, 0.717) is 0 Å². The van der Waals surface area contributed by atoms with Crippen LogP contribution >= 0.6 is 0 Å². The molecule has 2 nitrogen and oxygen atoms in total. The zero-order chi connectivity index (χ0) is 15.4. The number of ether oxygens (including phenoxy) is 1.